The van der Waals surface area contributed by atoms with E-state index in [1.54, 1.807) is 49.5 Å². The Kier molecular flexibility index (Phi) is 5.11. The molecular formula is C14H14Cl2N2O2S. The summed E-state index contributed by atoms with van der Waals surface area (Å²) >= 11 is 11.8. The number of benzene rings is 2. The van der Waals surface area contributed by atoms with Crippen LogP contribution in [0.2, 0.25) is 10.0 Å². The Morgan fingerprint density at radius 3 is 2.33 bits per heavy atom. The van der Waals surface area contributed by atoms with E-state index in [2.05, 4.69) is 10.0 Å². The Balaban J connectivity index is 2.34. The first kappa shape index (κ1) is 16.1. The van der Waals surface area contributed by atoms with Gasteiger partial charge in [0.25, 0.3) is 10.0 Å². The summed E-state index contributed by atoms with van der Waals surface area (Å²) in [4.78, 5) is 0.0480. The standard InChI is InChI=1S/C14H14Cl2N2O2S/c1-17-9-10-2-7-13(16)14(8-10)21(19,20)18-12-5-3-11(15)4-6-12/h2-8,17-18H,9H2,1H3. The highest BCUT2D eigenvalue weighted by Crippen LogP contribution is 2.25. The van der Waals surface area contributed by atoms with Gasteiger partial charge in [0.2, 0.25) is 0 Å². The first-order chi connectivity index (χ1) is 9.92. The van der Waals surface area contributed by atoms with Crippen LogP contribution in [0.1, 0.15) is 5.56 Å². The molecule has 0 amide bonds. The first-order valence-corrected chi connectivity index (χ1v) is 8.38. The first-order valence-electron chi connectivity index (χ1n) is 6.14. The fraction of sp³-hybridized carbons (Fsp3) is 0.143. The molecule has 0 fully saturated rings. The lowest BCUT2D eigenvalue weighted by molar-refractivity contribution is 0.601. The van der Waals surface area contributed by atoms with Gasteiger partial charge in [0.05, 0.1) is 5.02 Å². The summed E-state index contributed by atoms with van der Waals surface area (Å²) in [6.45, 7) is 0.556. The highest BCUT2D eigenvalue weighted by Gasteiger charge is 2.18. The molecule has 7 heteroatoms. The third-order valence-corrected chi connectivity index (χ3v) is 4.88. The van der Waals surface area contributed by atoms with Crippen LogP contribution in [0, 0.1) is 0 Å². The number of sulfonamides is 1. The molecule has 0 unspecified atom stereocenters. The van der Waals surface area contributed by atoms with Crippen LogP contribution in [-0.4, -0.2) is 15.5 Å². The van der Waals surface area contributed by atoms with Crippen LogP contribution < -0.4 is 10.0 Å². The summed E-state index contributed by atoms with van der Waals surface area (Å²) in [6, 6.07) is 11.3. The van der Waals surface area contributed by atoms with E-state index in [4.69, 9.17) is 23.2 Å². The van der Waals surface area contributed by atoms with Gasteiger partial charge in [-0.3, -0.25) is 4.72 Å². The molecule has 0 atom stereocenters. The van der Waals surface area contributed by atoms with Crippen molar-refractivity contribution in [3.05, 3.63) is 58.1 Å². The molecule has 2 N–H and O–H groups in total. The molecule has 0 radical (unpaired) electrons. The molecule has 0 saturated carbocycles. The van der Waals surface area contributed by atoms with Gasteiger partial charge in [0, 0.05) is 17.3 Å². The molecule has 2 aromatic rings. The molecule has 0 heterocycles. The summed E-state index contributed by atoms with van der Waals surface area (Å²) in [5.74, 6) is 0. The zero-order valence-electron chi connectivity index (χ0n) is 11.2. The minimum atomic E-state index is -3.75. The average Bonchev–Trinajstić information content (AvgIpc) is 2.43. The number of hydrogen-bond donors (Lipinski definition) is 2. The number of anilines is 1. The quantitative estimate of drug-likeness (QED) is 0.872. The van der Waals surface area contributed by atoms with E-state index in [-0.39, 0.29) is 9.92 Å². The van der Waals surface area contributed by atoms with Gasteiger partial charge in [-0.15, -0.1) is 0 Å². The number of nitrogens with one attached hydrogen (secondary N) is 2. The maximum atomic E-state index is 12.4. The summed E-state index contributed by atoms with van der Waals surface area (Å²) in [7, 11) is -1.96. The monoisotopic (exact) mass is 344 g/mol. The van der Waals surface area contributed by atoms with Crippen LogP contribution in [0.15, 0.2) is 47.4 Å². The van der Waals surface area contributed by atoms with Crippen LogP contribution in [0.3, 0.4) is 0 Å². The highest BCUT2D eigenvalue weighted by atomic mass is 35.5. The second-order valence-corrected chi connectivity index (χ2v) is 6.90. The summed E-state index contributed by atoms with van der Waals surface area (Å²) in [5, 5.41) is 3.68. The van der Waals surface area contributed by atoms with Gasteiger partial charge in [0.1, 0.15) is 4.90 Å². The molecule has 4 nitrogen and oxygen atoms in total. The predicted molar refractivity (Wildman–Crippen MR) is 86.5 cm³/mol. The molecule has 0 aliphatic heterocycles. The van der Waals surface area contributed by atoms with Crippen molar-refractivity contribution in [1.29, 1.82) is 0 Å². The Hall–Kier alpha value is -1.27. The topological polar surface area (TPSA) is 58.2 Å². The Labute approximate surface area is 134 Å². The molecule has 21 heavy (non-hydrogen) atoms. The van der Waals surface area contributed by atoms with E-state index < -0.39 is 10.0 Å². The van der Waals surface area contributed by atoms with Gasteiger partial charge in [0.15, 0.2) is 0 Å². The molecular weight excluding hydrogens is 331 g/mol. The summed E-state index contributed by atoms with van der Waals surface area (Å²) in [5.41, 5.74) is 1.26. The Morgan fingerprint density at radius 1 is 1.05 bits per heavy atom. The number of halogens is 2. The predicted octanol–water partition coefficient (Wildman–Crippen LogP) is 3.51. The largest absolute Gasteiger partial charge is 0.316 e. The van der Waals surface area contributed by atoms with E-state index in [0.717, 1.165) is 5.56 Å². The van der Waals surface area contributed by atoms with Crippen molar-refractivity contribution in [3.8, 4) is 0 Å². The van der Waals surface area contributed by atoms with Crippen LogP contribution in [0.25, 0.3) is 0 Å². The Morgan fingerprint density at radius 2 is 1.71 bits per heavy atom. The minimum absolute atomic E-state index is 0.0480. The highest BCUT2D eigenvalue weighted by molar-refractivity contribution is 7.92. The fourth-order valence-corrected chi connectivity index (χ4v) is 3.53. The van der Waals surface area contributed by atoms with Gasteiger partial charge >= 0.3 is 0 Å². The molecule has 112 valence electrons. The van der Waals surface area contributed by atoms with E-state index >= 15 is 0 Å². The molecule has 2 aromatic carbocycles. The van der Waals surface area contributed by atoms with E-state index in [0.29, 0.717) is 17.3 Å². The minimum Gasteiger partial charge on any atom is -0.316 e. The van der Waals surface area contributed by atoms with Gasteiger partial charge < -0.3 is 5.32 Å². The lowest BCUT2D eigenvalue weighted by Crippen LogP contribution is -2.14. The maximum absolute atomic E-state index is 12.4. The van der Waals surface area contributed by atoms with E-state index in [1.165, 1.54) is 0 Å². The maximum Gasteiger partial charge on any atom is 0.263 e. The lowest BCUT2D eigenvalue weighted by Gasteiger charge is -2.11. The van der Waals surface area contributed by atoms with Gasteiger partial charge in [-0.05, 0) is 49.0 Å². The SMILES string of the molecule is CNCc1ccc(Cl)c(S(=O)(=O)Nc2ccc(Cl)cc2)c1. The van der Waals surface area contributed by atoms with Gasteiger partial charge in [-0.1, -0.05) is 29.3 Å². The van der Waals surface area contributed by atoms with E-state index in [1.807, 2.05) is 0 Å². The summed E-state index contributed by atoms with van der Waals surface area (Å²) in [6.07, 6.45) is 0. The normalized spacial score (nSPS) is 11.4. The van der Waals surface area contributed by atoms with Crippen molar-refractivity contribution < 1.29 is 8.42 Å². The second kappa shape index (κ2) is 6.66. The third-order valence-electron chi connectivity index (χ3n) is 2.76. The zero-order chi connectivity index (χ0) is 15.5. The van der Waals surface area contributed by atoms with Gasteiger partial charge in [-0.25, -0.2) is 8.42 Å². The van der Waals surface area contributed by atoms with Crippen molar-refractivity contribution in [2.45, 2.75) is 11.4 Å². The molecule has 2 rings (SSSR count). The molecule has 0 bridgehead atoms. The van der Waals surface area contributed by atoms with Crippen molar-refractivity contribution in [2.24, 2.45) is 0 Å². The van der Waals surface area contributed by atoms with Gasteiger partial charge in [-0.2, -0.15) is 0 Å². The van der Waals surface area contributed by atoms with Crippen molar-refractivity contribution >= 4 is 38.9 Å². The van der Waals surface area contributed by atoms with Crippen LogP contribution in [-0.2, 0) is 16.6 Å². The zero-order valence-corrected chi connectivity index (χ0v) is 13.6. The molecule has 0 aliphatic carbocycles. The smallest absolute Gasteiger partial charge is 0.263 e. The number of rotatable bonds is 5. The lowest BCUT2D eigenvalue weighted by atomic mass is 10.2. The van der Waals surface area contributed by atoms with Crippen molar-refractivity contribution in [2.75, 3.05) is 11.8 Å². The molecule has 0 spiro atoms. The van der Waals surface area contributed by atoms with Crippen LogP contribution >= 0.6 is 23.2 Å². The Bertz CT molecular complexity index is 731. The van der Waals surface area contributed by atoms with Crippen LogP contribution in [0.5, 0.6) is 0 Å². The molecule has 0 aromatic heterocycles. The average molecular weight is 345 g/mol. The summed E-state index contributed by atoms with van der Waals surface area (Å²) < 4.78 is 27.3. The fourth-order valence-electron chi connectivity index (χ4n) is 1.80. The van der Waals surface area contributed by atoms with Crippen molar-refractivity contribution in [1.82, 2.24) is 5.32 Å². The molecule has 0 aliphatic rings. The van der Waals surface area contributed by atoms with Crippen LogP contribution in [0.4, 0.5) is 5.69 Å². The molecule has 0 saturated heterocycles. The van der Waals surface area contributed by atoms with E-state index in [9.17, 15) is 8.42 Å². The third kappa shape index (κ3) is 4.11. The van der Waals surface area contributed by atoms with Crippen molar-refractivity contribution in [3.63, 3.8) is 0 Å². The number of hydrogen-bond acceptors (Lipinski definition) is 3. The second-order valence-electron chi connectivity index (χ2n) is 4.41.